The fraction of sp³-hybridized carbons (Fsp3) is 0.478. The van der Waals surface area contributed by atoms with Gasteiger partial charge in [-0.1, -0.05) is 6.07 Å². The van der Waals surface area contributed by atoms with Gasteiger partial charge in [-0.15, -0.1) is 11.3 Å². The average Bonchev–Trinajstić information content (AvgIpc) is 3.20. The number of nitrogens with zero attached hydrogens (tertiary/aromatic N) is 2. The van der Waals surface area contributed by atoms with Gasteiger partial charge in [-0.25, -0.2) is 0 Å². The summed E-state index contributed by atoms with van der Waals surface area (Å²) in [4.78, 5) is 30.1. The molecular weight excluding hydrogens is 398 g/mol. The number of carbonyl (C=O) groups is 2. The highest BCUT2D eigenvalue weighted by molar-refractivity contribution is 7.12. The Labute approximate surface area is 181 Å². The second-order valence-electron chi connectivity index (χ2n) is 8.30. The summed E-state index contributed by atoms with van der Waals surface area (Å²) in [5.74, 6) is 0.264. The van der Waals surface area contributed by atoms with E-state index in [9.17, 15) is 9.59 Å². The van der Waals surface area contributed by atoms with Crippen molar-refractivity contribution in [1.29, 1.82) is 0 Å². The molecule has 6 nitrogen and oxygen atoms in total. The van der Waals surface area contributed by atoms with Crippen LogP contribution in [0.4, 0.5) is 11.4 Å². The van der Waals surface area contributed by atoms with E-state index in [4.69, 9.17) is 4.74 Å². The summed E-state index contributed by atoms with van der Waals surface area (Å²) in [6, 6.07) is 9.72. The molecule has 2 aliphatic rings. The first-order valence-corrected chi connectivity index (χ1v) is 11.4. The van der Waals surface area contributed by atoms with Gasteiger partial charge >= 0.3 is 0 Å². The normalized spacial score (nSPS) is 18.3. The maximum absolute atomic E-state index is 13.2. The van der Waals surface area contributed by atoms with E-state index in [1.54, 1.807) is 0 Å². The zero-order valence-corrected chi connectivity index (χ0v) is 18.4. The maximum atomic E-state index is 13.2. The number of nitrogens with one attached hydrogen (secondary N) is 1. The van der Waals surface area contributed by atoms with Crippen LogP contribution in [0.2, 0.25) is 0 Å². The average molecular weight is 428 g/mol. The smallest absolute Gasteiger partial charge is 0.264 e. The molecule has 2 fully saturated rings. The van der Waals surface area contributed by atoms with Crippen LogP contribution in [0.5, 0.6) is 0 Å². The Morgan fingerprint density at radius 1 is 1.20 bits per heavy atom. The van der Waals surface area contributed by atoms with Crippen molar-refractivity contribution in [3.8, 4) is 0 Å². The van der Waals surface area contributed by atoms with Crippen LogP contribution in [0.15, 0.2) is 35.7 Å². The maximum Gasteiger partial charge on any atom is 0.264 e. The van der Waals surface area contributed by atoms with Gasteiger partial charge in [0.1, 0.15) is 0 Å². The molecular formula is C23H29N3O3S. The molecule has 7 heteroatoms. The molecule has 0 radical (unpaired) electrons. The molecule has 1 saturated carbocycles. The van der Waals surface area contributed by atoms with Crippen molar-refractivity contribution >= 4 is 34.5 Å². The van der Waals surface area contributed by atoms with Gasteiger partial charge in [-0.05, 0) is 60.9 Å². The van der Waals surface area contributed by atoms with Crippen LogP contribution in [-0.2, 0) is 16.1 Å². The van der Waals surface area contributed by atoms with E-state index >= 15 is 0 Å². The van der Waals surface area contributed by atoms with Gasteiger partial charge < -0.3 is 19.9 Å². The number of hydrogen-bond donors (Lipinski definition) is 1. The summed E-state index contributed by atoms with van der Waals surface area (Å²) in [6.45, 7) is 1.80. The monoisotopic (exact) mass is 427 g/mol. The SMILES string of the molecule is CN(C)c1ccc(NC(=O)C2CC2)cc1CN(CC1CCCO1)C(=O)c1cccs1. The molecule has 2 aromatic rings. The predicted molar refractivity (Wildman–Crippen MR) is 120 cm³/mol. The third kappa shape index (κ3) is 5.02. The first-order valence-electron chi connectivity index (χ1n) is 10.6. The van der Waals surface area contributed by atoms with Crippen LogP contribution in [0.1, 0.15) is 40.9 Å². The molecule has 1 aromatic carbocycles. The summed E-state index contributed by atoms with van der Waals surface area (Å²) in [5.41, 5.74) is 2.83. The zero-order valence-electron chi connectivity index (χ0n) is 17.6. The number of amides is 2. The van der Waals surface area contributed by atoms with Gasteiger partial charge in [0, 0.05) is 51.1 Å². The third-order valence-electron chi connectivity index (χ3n) is 5.61. The lowest BCUT2D eigenvalue weighted by Gasteiger charge is -2.28. The molecule has 30 heavy (non-hydrogen) atoms. The predicted octanol–water partition coefficient (Wildman–Crippen LogP) is 3.98. The van der Waals surface area contributed by atoms with E-state index < -0.39 is 0 Å². The summed E-state index contributed by atoms with van der Waals surface area (Å²) < 4.78 is 5.82. The second-order valence-corrected chi connectivity index (χ2v) is 9.25. The zero-order chi connectivity index (χ0) is 21.1. The Morgan fingerprint density at radius 3 is 2.67 bits per heavy atom. The van der Waals surface area contributed by atoms with E-state index in [2.05, 4.69) is 5.32 Å². The first kappa shape index (κ1) is 20.9. The highest BCUT2D eigenvalue weighted by Crippen LogP contribution is 2.31. The molecule has 1 unspecified atom stereocenters. The number of ether oxygens (including phenoxy) is 1. The highest BCUT2D eigenvalue weighted by Gasteiger charge is 2.30. The van der Waals surface area contributed by atoms with E-state index in [0.29, 0.717) is 13.1 Å². The largest absolute Gasteiger partial charge is 0.377 e. The van der Waals surface area contributed by atoms with Crippen molar-refractivity contribution in [2.24, 2.45) is 5.92 Å². The first-order chi connectivity index (χ1) is 14.5. The minimum Gasteiger partial charge on any atom is -0.377 e. The Balaban J connectivity index is 1.58. The van der Waals surface area contributed by atoms with Crippen molar-refractivity contribution in [2.75, 3.05) is 37.5 Å². The molecule has 1 aliphatic carbocycles. The fourth-order valence-corrected chi connectivity index (χ4v) is 4.52. The number of benzene rings is 1. The number of carbonyl (C=O) groups excluding carboxylic acids is 2. The van der Waals surface area contributed by atoms with Crippen LogP contribution in [0.25, 0.3) is 0 Å². The summed E-state index contributed by atoms with van der Waals surface area (Å²) in [7, 11) is 3.99. The van der Waals surface area contributed by atoms with Crippen LogP contribution in [0.3, 0.4) is 0 Å². The molecule has 1 aliphatic heterocycles. The number of rotatable bonds is 8. The molecule has 2 heterocycles. The number of hydrogen-bond acceptors (Lipinski definition) is 5. The molecule has 0 spiro atoms. The van der Waals surface area contributed by atoms with Gasteiger partial charge in [0.05, 0.1) is 11.0 Å². The van der Waals surface area contributed by atoms with E-state index in [1.165, 1.54) is 11.3 Å². The van der Waals surface area contributed by atoms with E-state index in [-0.39, 0.29) is 23.8 Å². The summed E-state index contributed by atoms with van der Waals surface area (Å²) in [5, 5.41) is 4.96. The molecule has 1 saturated heterocycles. The minimum atomic E-state index is 0.0256. The standard InChI is InChI=1S/C23H29N3O3S/c1-25(2)20-10-9-18(24-22(27)16-7-8-16)13-17(20)14-26(15-19-5-3-11-29-19)23(28)21-6-4-12-30-21/h4,6,9-10,12-13,16,19H,3,5,7-8,11,14-15H2,1-2H3,(H,24,27). The molecule has 160 valence electrons. The Bertz CT molecular complexity index is 887. The van der Waals surface area contributed by atoms with Crippen molar-refractivity contribution in [3.63, 3.8) is 0 Å². The highest BCUT2D eigenvalue weighted by atomic mass is 32.1. The quantitative estimate of drug-likeness (QED) is 0.692. The van der Waals surface area contributed by atoms with Gasteiger partial charge in [-0.2, -0.15) is 0 Å². The Morgan fingerprint density at radius 2 is 2.03 bits per heavy atom. The topological polar surface area (TPSA) is 61.9 Å². The lowest BCUT2D eigenvalue weighted by molar-refractivity contribution is -0.117. The number of anilines is 2. The Hall–Kier alpha value is -2.38. The van der Waals surface area contributed by atoms with Crippen molar-refractivity contribution in [2.45, 2.75) is 38.3 Å². The molecule has 1 atom stereocenters. The lowest BCUT2D eigenvalue weighted by atomic mass is 10.1. The van der Waals surface area contributed by atoms with E-state index in [1.807, 2.05) is 59.6 Å². The third-order valence-corrected chi connectivity index (χ3v) is 6.46. The van der Waals surface area contributed by atoms with Crippen molar-refractivity contribution in [3.05, 3.63) is 46.2 Å². The Kier molecular flexibility index (Phi) is 6.39. The molecule has 1 aromatic heterocycles. The van der Waals surface area contributed by atoms with Crippen LogP contribution < -0.4 is 10.2 Å². The van der Waals surface area contributed by atoms with Crippen molar-refractivity contribution < 1.29 is 14.3 Å². The van der Waals surface area contributed by atoms with Gasteiger partial charge in [0.2, 0.25) is 5.91 Å². The fourth-order valence-electron chi connectivity index (χ4n) is 3.83. The summed E-state index contributed by atoms with van der Waals surface area (Å²) in [6.07, 6.45) is 4.04. The summed E-state index contributed by atoms with van der Waals surface area (Å²) >= 11 is 1.46. The van der Waals surface area contributed by atoms with Gasteiger partial charge in [0.25, 0.3) is 5.91 Å². The molecule has 0 bridgehead atoms. The minimum absolute atomic E-state index is 0.0256. The van der Waals surface area contributed by atoms with Crippen molar-refractivity contribution in [1.82, 2.24) is 4.90 Å². The van der Waals surface area contributed by atoms with E-state index in [0.717, 1.165) is 54.1 Å². The molecule has 4 rings (SSSR count). The van der Waals surface area contributed by atoms with Crippen LogP contribution >= 0.6 is 11.3 Å². The lowest BCUT2D eigenvalue weighted by Crippen LogP contribution is -2.37. The molecule has 2 amide bonds. The molecule has 1 N–H and O–H groups in total. The second kappa shape index (κ2) is 9.18. The number of thiophene rings is 1. The van der Waals surface area contributed by atoms with Crippen LogP contribution in [0, 0.1) is 5.92 Å². The van der Waals surface area contributed by atoms with Gasteiger partial charge in [0.15, 0.2) is 0 Å². The van der Waals surface area contributed by atoms with Crippen LogP contribution in [-0.4, -0.2) is 50.1 Å². The van der Waals surface area contributed by atoms with Gasteiger partial charge in [-0.3, -0.25) is 9.59 Å².